The molecule has 1 amide bonds. The van der Waals surface area contributed by atoms with Gasteiger partial charge in [0.05, 0.1) is 12.1 Å². The summed E-state index contributed by atoms with van der Waals surface area (Å²) in [7, 11) is 0. The first-order chi connectivity index (χ1) is 9.15. The lowest BCUT2D eigenvalue weighted by Gasteiger charge is -2.39. The summed E-state index contributed by atoms with van der Waals surface area (Å²) in [4.78, 5) is 16.0. The number of thiophene rings is 1. The van der Waals surface area contributed by atoms with E-state index in [-0.39, 0.29) is 18.0 Å². The smallest absolute Gasteiger partial charge is 0.240 e. The maximum Gasteiger partial charge on any atom is 0.240 e. The number of carbonyl (C=O) groups excluding carboxylic acids is 1. The van der Waals surface area contributed by atoms with Crippen LogP contribution in [0.3, 0.4) is 0 Å². The third-order valence-corrected chi connectivity index (χ3v) is 4.67. The third kappa shape index (κ3) is 3.18. The van der Waals surface area contributed by atoms with E-state index in [1.165, 1.54) is 4.88 Å². The van der Waals surface area contributed by atoms with Gasteiger partial charge >= 0.3 is 0 Å². The van der Waals surface area contributed by atoms with Gasteiger partial charge in [-0.15, -0.1) is 11.3 Å². The Morgan fingerprint density at radius 3 is 2.89 bits per heavy atom. The molecule has 2 heterocycles. The fourth-order valence-electron chi connectivity index (χ4n) is 2.91. The molecule has 1 aliphatic heterocycles. The van der Waals surface area contributed by atoms with Gasteiger partial charge in [-0.3, -0.25) is 4.79 Å². The second-order valence-corrected chi connectivity index (χ2v) is 6.47. The Bertz CT molecular complexity index is 400. The molecule has 0 spiro atoms. The number of likely N-dealkylation sites (tertiary alicyclic amines) is 1. The van der Waals surface area contributed by atoms with Crippen LogP contribution in [-0.2, 0) is 4.79 Å². The molecule has 3 nitrogen and oxygen atoms in total. The van der Waals surface area contributed by atoms with Gasteiger partial charge < -0.3 is 10.2 Å². The lowest BCUT2D eigenvalue weighted by atomic mass is 9.95. The van der Waals surface area contributed by atoms with Crippen molar-refractivity contribution in [1.82, 2.24) is 10.2 Å². The largest absolute Gasteiger partial charge is 0.333 e. The van der Waals surface area contributed by atoms with E-state index in [9.17, 15) is 4.79 Å². The summed E-state index contributed by atoms with van der Waals surface area (Å²) >= 11 is 1.76. The zero-order chi connectivity index (χ0) is 13.8. The van der Waals surface area contributed by atoms with Crippen LogP contribution in [0.25, 0.3) is 0 Å². The van der Waals surface area contributed by atoms with Crippen molar-refractivity contribution in [3.8, 4) is 0 Å². The van der Waals surface area contributed by atoms with Crippen LogP contribution in [0.15, 0.2) is 17.5 Å². The summed E-state index contributed by atoms with van der Waals surface area (Å²) in [5.74, 6) is 0.725. The Balaban J connectivity index is 2.19. The molecular weight excluding hydrogens is 256 g/mol. The van der Waals surface area contributed by atoms with Gasteiger partial charge in [0.2, 0.25) is 5.91 Å². The molecule has 19 heavy (non-hydrogen) atoms. The van der Waals surface area contributed by atoms with Crippen molar-refractivity contribution in [2.75, 3.05) is 13.1 Å². The second kappa shape index (κ2) is 6.53. The summed E-state index contributed by atoms with van der Waals surface area (Å²) in [5.41, 5.74) is 0. The number of carbonyl (C=O) groups is 1. The van der Waals surface area contributed by atoms with E-state index in [0.29, 0.717) is 5.92 Å². The fourth-order valence-corrected chi connectivity index (χ4v) is 3.92. The minimum absolute atomic E-state index is 0.0139. The Morgan fingerprint density at radius 2 is 2.32 bits per heavy atom. The summed E-state index contributed by atoms with van der Waals surface area (Å²) in [6.07, 6.45) is 2.07. The van der Waals surface area contributed by atoms with E-state index < -0.39 is 0 Å². The standard InChI is InChI=1S/C15H24N2OS/c1-4-16-12-7-5-9-17(15(12)18)14(11(2)3)13-8-6-10-19-13/h6,8,10-12,14,16H,4-5,7,9H2,1-3H3. The number of likely N-dealkylation sites (N-methyl/N-ethyl adjacent to an activating group) is 1. The maximum atomic E-state index is 12.6. The van der Waals surface area contributed by atoms with E-state index >= 15 is 0 Å². The fraction of sp³-hybridized carbons (Fsp3) is 0.667. The monoisotopic (exact) mass is 280 g/mol. The van der Waals surface area contributed by atoms with Crippen LogP contribution in [0.1, 0.15) is 44.5 Å². The minimum Gasteiger partial charge on any atom is -0.333 e. The number of hydrogen-bond acceptors (Lipinski definition) is 3. The van der Waals surface area contributed by atoms with Crippen molar-refractivity contribution >= 4 is 17.2 Å². The van der Waals surface area contributed by atoms with Gasteiger partial charge in [-0.25, -0.2) is 0 Å². The van der Waals surface area contributed by atoms with Crippen LogP contribution >= 0.6 is 11.3 Å². The van der Waals surface area contributed by atoms with Gasteiger partial charge in [-0.1, -0.05) is 26.8 Å². The molecule has 1 aromatic heterocycles. The summed E-state index contributed by atoms with van der Waals surface area (Å²) in [6.45, 7) is 8.21. The van der Waals surface area contributed by atoms with Gasteiger partial charge in [0.1, 0.15) is 0 Å². The predicted molar refractivity (Wildman–Crippen MR) is 80.3 cm³/mol. The quantitative estimate of drug-likeness (QED) is 0.899. The molecule has 2 unspecified atom stereocenters. The summed E-state index contributed by atoms with van der Waals surface area (Å²) in [6, 6.07) is 4.47. The highest BCUT2D eigenvalue weighted by Crippen LogP contribution is 2.34. The molecule has 2 atom stereocenters. The number of rotatable bonds is 5. The Labute approximate surface area is 120 Å². The molecule has 0 radical (unpaired) electrons. The molecule has 1 aliphatic rings. The Morgan fingerprint density at radius 1 is 1.53 bits per heavy atom. The average molecular weight is 280 g/mol. The molecule has 4 heteroatoms. The lowest BCUT2D eigenvalue weighted by Crippen LogP contribution is -2.52. The molecule has 1 aromatic rings. The lowest BCUT2D eigenvalue weighted by molar-refractivity contribution is -0.139. The van der Waals surface area contributed by atoms with Crippen molar-refractivity contribution in [2.24, 2.45) is 5.92 Å². The van der Waals surface area contributed by atoms with Crippen molar-refractivity contribution in [3.05, 3.63) is 22.4 Å². The minimum atomic E-state index is 0.0139. The van der Waals surface area contributed by atoms with Gasteiger partial charge in [0, 0.05) is 11.4 Å². The number of nitrogens with zero attached hydrogens (tertiary/aromatic N) is 1. The van der Waals surface area contributed by atoms with Crippen LogP contribution in [0.4, 0.5) is 0 Å². The Kier molecular flexibility index (Phi) is 4.99. The van der Waals surface area contributed by atoms with Crippen molar-refractivity contribution in [3.63, 3.8) is 0 Å². The highest BCUT2D eigenvalue weighted by Gasteiger charge is 2.35. The molecule has 2 rings (SSSR count). The number of nitrogens with one attached hydrogen (secondary N) is 1. The van der Waals surface area contributed by atoms with Crippen molar-refractivity contribution in [1.29, 1.82) is 0 Å². The molecule has 1 N–H and O–H groups in total. The highest BCUT2D eigenvalue weighted by molar-refractivity contribution is 7.10. The normalized spacial score (nSPS) is 22.0. The zero-order valence-corrected chi connectivity index (χ0v) is 12.9. The topological polar surface area (TPSA) is 32.3 Å². The van der Waals surface area contributed by atoms with Gasteiger partial charge in [-0.2, -0.15) is 0 Å². The van der Waals surface area contributed by atoms with Crippen molar-refractivity contribution < 1.29 is 4.79 Å². The van der Waals surface area contributed by atoms with E-state index in [2.05, 4.69) is 48.5 Å². The van der Waals surface area contributed by atoms with Crippen LogP contribution in [-0.4, -0.2) is 29.9 Å². The Hall–Kier alpha value is -0.870. The van der Waals surface area contributed by atoms with E-state index in [0.717, 1.165) is 25.9 Å². The van der Waals surface area contributed by atoms with Crippen LogP contribution in [0.2, 0.25) is 0 Å². The van der Waals surface area contributed by atoms with Gasteiger partial charge in [0.25, 0.3) is 0 Å². The van der Waals surface area contributed by atoms with Gasteiger partial charge in [0.15, 0.2) is 0 Å². The maximum absolute atomic E-state index is 12.6. The van der Waals surface area contributed by atoms with Crippen molar-refractivity contribution in [2.45, 2.75) is 45.7 Å². The molecule has 106 valence electrons. The van der Waals surface area contributed by atoms with Crippen LogP contribution < -0.4 is 5.32 Å². The first-order valence-electron chi connectivity index (χ1n) is 7.22. The molecular formula is C15H24N2OS. The second-order valence-electron chi connectivity index (χ2n) is 5.49. The number of amides is 1. The first kappa shape index (κ1) is 14.5. The summed E-state index contributed by atoms with van der Waals surface area (Å²) < 4.78 is 0. The van der Waals surface area contributed by atoms with Gasteiger partial charge in [-0.05, 0) is 36.8 Å². The number of hydrogen-bond donors (Lipinski definition) is 1. The SMILES string of the molecule is CCNC1CCCN(C(c2cccs2)C(C)C)C1=O. The van der Waals surface area contributed by atoms with E-state index in [1.54, 1.807) is 11.3 Å². The molecule has 1 fully saturated rings. The molecule has 0 aromatic carbocycles. The third-order valence-electron chi connectivity index (χ3n) is 3.73. The van der Waals surface area contributed by atoms with E-state index in [4.69, 9.17) is 0 Å². The molecule has 1 saturated heterocycles. The molecule has 0 aliphatic carbocycles. The molecule has 0 bridgehead atoms. The molecule has 0 saturated carbocycles. The van der Waals surface area contributed by atoms with Crippen LogP contribution in [0, 0.1) is 5.92 Å². The highest BCUT2D eigenvalue weighted by atomic mass is 32.1. The predicted octanol–water partition coefficient (Wildman–Crippen LogP) is 3.05. The first-order valence-corrected chi connectivity index (χ1v) is 8.10. The van der Waals surface area contributed by atoms with Crippen LogP contribution in [0.5, 0.6) is 0 Å². The number of piperidine rings is 1. The van der Waals surface area contributed by atoms with E-state index in [1.807, 2.05) is 0 Å². The zero-order valence-electron chi connectivity index (χ0n) is 12.1. The average Bonchev–Trinajstić information content (AvgIpc) is 2.87. The summed E-state index contributed by atoms with van der Waals surface area (Å²) in [5, 5.41) is 5.41.